The van der Waals surface area contributed by atoms with Gasteiger partial charge in [-0.3, -0.25) is 4.98 Å². The van der Waals surface area contributed by atoms with E-state index in [4.69, 9.17) is 25.7 Å². The summed E-state index contributed by atoms with van der Waals surface area (Å²) in [4.78, 5) is 14.3. The molecule has 0 aliphatic heterocycles. The van der Waals surface area contributed by atoms with Crippen molar-refractivity contribution in [2.24, 2.45) is 0 Å². The first-order valence-electron chi connectivity index (χ1n) is 24.3. The fourth-order valence-electron chi connectivity index (χ4n) is 10.6. The van der Waals surface area contributed by atoms with Crippen molar-refractivity contribution in [3.05, 3.63) is 211 Å². The summed E-state index contributed by atoms with van der Waals surface area (Å²) < 4.78 is 18.5. The van der Waals surface area contributed by atoms with Gasteiger partial charge in [0.1, 0.15) is 11.4 Å². The van der Waals surface area contributed by atoms with Crippen LogP contribution < -0.4 is 4.74 Å². The molecule has 0 aliphatic rings. The summed E-state index contributed by atoms with van der Waals surface area (Å²) in [5.74, 6) is 2.49. The summed E-state index contributed by atoms with van der Waals surface area (Å²) in [7, 11) is 0. The molecular formula is C65H47N5O2Pt. The summed E-state index contributed by atoms with van der Waals surface area (Å²) in [6.07, 6.45) is 1.89. The Kier molecular flexibility index (Phi) is 10.8. The minimum Gasteiger partial charge on any atom is -0.503 e. The third-order valence-electron chi connectivity index (χ3n) is 14.1. The molecule has 0 atom stereocenters. The largest absolute Gasteiger partial charge is 2.00 e. The quantitative estimate of drug-likeness (QED) is 0.123. The molecule has 13 aromatic rings. The minimum atomic E-state index is -0.250. The number of benzene rings is 9. The van der Waals surface area contributed by atoms with Crippen molar-refractivity contribution < 1.29 is 30.2 Å². The first-order valence-corrected chi connectivity index (χ1v) is 24.3. The molecule has 0 saturated heterocycles. The molecule has 0 amide bonds. The summed E-state index contributed by atoms with van der Waals surface area (Å²) in [6.45, 7) is 21.5. The fraction of sp³-hybridized carbons (Fsp3) is 0.123. The van der Waals surface area contributed by atoms with Crippen molar-refractivity contribution in [1.82, 2.24) is 19.1 Å². The van der Waals surface area contributed by atoms with Crippen LogP contribution in [-0.2, 0) is 31.9 Å². The van der Waals surface area contributed by atoms with Crippen molar-refractivity contribution in [2.75, 3.05) is 0 Å². The van der Waals surface area contributed by atoms with Gasteiger partial charge in [0.2, 0.25) is 0 Å². The van der Waals surface area contributed by atoms with Crippen LogP contribution in [0.3, 0.4) is 0 Å². The van der Waals surface area contributed by atoms with E-state index in [1.807, 2.05) is 48.7 Å². The zero-order chi connectivity index (χ0) is 49.0. The second-order valence-electron chi connectivity index (χ2n) is 20.8. The Balaban J connectivity index is 0.00000543. The number of hydrogen-bond acceptors (Lipinski definition) is 4. The van der Waals surface area contributed by atoms with E-state index in [-0.39, 0.29) is 31.9 Å². The first-order chi connectivity index (χ1) is 34.9. The number of fused-ring (bicyclic) bond motifs is 10. The minimum absolute atomic E-state index is 0. The molecule has 0 bridgehead atoms. The molecular weight excluding hydrogens is 1080 g/mol. The molecule has 4 heterocycles. The van der Waals surface area contributed by atoms with E-state index in [1.165, 1.54) is 5.56 Å². The summed E-state index contributed by atoms with van der Waals surface area (Å²) in [5, 5.41) is 7.78. The van der Waals surface area contributed by atoms with Crippen LogP contribution in [0.1, 0.15) is 52.7 Å². The number of imidazole rings is 1. The number of nitrogens with zero attached hydrogens (tertiary/aromatic N) is 5. The summed E-state index contributed by atoms with van der Waals surface area (Å²) in [5.41, 5.74) is 11.6. The first kappa shape index (κ1) is 45.8. The number of furan rings is 1. The zero-order valence-corrected chi connectivity index (χ0v) is 43.4. The predicted molar refractivity (Wildman–Crippen MR) is 294 cm³/mol. The van der Waals surface area contributed by atoms with Gasteiger partial charge in [0, 0.05) is 34.3 Å². The van der Waals surface area contributed by atoms with Gasteiger partial charge in [-0.05, 0) is 121 Å². The maximum absolute atomic E-state index is 8.06. The Morgan fingerprint density at radius 3 is 2.10 bits per heavy atom. The molecule has 8 heteroatoms. The average molecular weight is 1130 g/mol. The molecule has 0 aliphatic carbocycles. The van der Waals surface area contributed by atoms with E-state index < -0.39 is 0 Å². The van der Waals surface area contributed by atoms with Gasteiger partial charge in [-0.25, -0.2) is 9.83 Å². The van der Waals surface area contributed by atoms with Gasteiger partial charge in [-0.2, -0.15) is 6.07 Å². The zero-order valence-electron chi connectivity index (χ0n) is 41.1. The van der Waals surface area contributed by atoms with Gasteiger partial charge in [0.15, 0.2) is 5.69 Å². The Morgan fingerprint density at radius 1 is 0.575 bits per heavy atom. The number of rotatable bonds is 6. The second-order valence-corrected chi connectivity index (χ2v) is 20.8. The van der Waals surface area contributed by atoms with Crippen LogP contribution in [-0.4, -0.2) is 19.1 Å². The van der Waals surface area contributed by atoms with Crippen molar-refractivity contribution in [2.45, 2.75) is 52.4 Å². The molecule has 354 valence electrons. The van der Waals surface area contributed by atoms with Gasteiger partial charge >= 0.3 is 21.1 Å². The molecule has 0 fully saturated rings. The van der Waals surface area contributed by atoms with Gasteiger partial charge in [-0.1, -0.05) is 161 Å². The van der Waals surface area contributed by atoms with Crippen LogP contribution in [0.5, 0.6) is 11.5 Å². The molecule has 4 aromatic heterocycles. The van der Waals surface area contributed by atoms with E-state index in [9.17, 15) is 0 Å². The maximum atomic E-state index is 8.06. The SMILES string of the molecule is [C-]#[N+]c1cc2cc3oc4c(-c5nc6ccccc6n5-c5ccc(-c6ccccc6)cc5C(C)(C)C)[c-]c(Oc5[c-]c6c(cc5)c5ccccc5n6-c5cc(C(C)(C)C)ccn5)cc4c3cc2c2ccccc12.[Pt+2]. The molecule has 0 N–H and O–H groups in total. The van der Waals surface area contributed by atoms with Crippen molar-refractivity contribution in [1.29, 1.82) is 0 Å². The van der Waals surface area contributed by atoms with Gasteiger partial charge in [0.25, 0.3) is 0 Å². The predicted octanol–water partition coefficient (Wildman–Crippen LogP) is 17.6. The van der Waals surface area contributed by atoms with Crippen LogP contribution in [0.25, 0.3) is 115 Å². The number of pyridine rings is 1. The molecule has 9 aromatic carbocycles. The van der Waals surface area contributed by atoms with E-state index in [0.29, 0.717) is 39.7 Å². The second kappa shape index (κ2) is 17.2. The molecule has 13 rings (SSSR count). The monoisotopic (exact) mass is 1120 g/mol. The third kappa shape index (κ3) is 7.59. The van der Waals surface area contributed by atoms with E-state index in [2.05, 4.69) is 195 Å². The maximum Gasteiger partial charge on any atom is 2.00 e. The molecule has 0 spiro atoms. The fourth-order valence-corrected chi connectivity index (χ4v) is 10.6. The Bertz CT molecular complexity index is 4410. The van der Waals surface area contributed by atoms with Gasteiger partial charge < -0.3 is 18.3 Å². The standard InChI is InChI=1S/C65H47N5O2.Pt/c1-64(2,3)42-29-30-67-61(34-42)69-56-23-15-13-21-47(56)48-27-26-43(37-59(48)69)71-44-35-51-50-38-49-41(32-55(66-7)46-20-12-11-19-45(46)49)33-60(50)72-62(51)52(36-44)63-68-54-22-14-16-24-58(54)70(63)57-28-25-40(31-53(57)65(4,5)6)39-17-9-8-10-18-39;/h8-35,38H,1-6H3;/q-2;+2. The summed E-state index contributed by atoms with van der Waals surface area (Å²) in [6, 6.07) is 66.1. The number of hydrogen-bond donors (Lipinski definition) is 0. The normalized spacial score (nSPS) is 12.1. The van der Waals surface area contributed by atoms with Crippen molar-refractivity contribution in [3.8, 4) is 45.5 Å². The molecule has 73 heavy (non-hydrogen) atoms. The molecule has 0 radical (unpaired) electrons. The topological polar surface area (TPSA) is 62.4 Å². The smallest absolute Gasteiger partial charge is 0.503 e. The number of ether oxygens (including phenoxy) is 1. The van der Waals surface area contributed by atoms with Crippen molar-refractivity contribution in [3.63, 3.8) is 0 Å². The number of aromatic nitrogens is 4. The number of para-hydroxylation sites is 3. The van der Waals surface area contributed by atoms with Crippen LogP contribution in [0.2, 0.25) is 0 Å². The Labute approximate surface area is 437 Å². The van der Waals surface area contributed by atoms with Crippen LogP contribution >= 0.6 is 0 Å². The average Bonchev–Trinajstić information content (AvgIpc) is 4.06. The third-order valence-corrected chi connectivity index (χ3v) is 14.1. The van der Waals surface area contributed by atoms with Gasteiger partial charge in [-0.15, -0.1) is 17.5 Å². The van der Waals surface area contributed by atoms with E-state index in [0.717, 1.165) is 93.4 Å². The van der Waals surface area contributed by atoms with E-state index in [1.54, 1.807) is 0 Å². The molecule has 7 nitrogen and oxygen atoms in total. The van der Waals surface area contributed by atoms with Crippen LogP contribution in [0, 0.1) is 18.7 Å². The molecule has 0 unspecified atom stereocenters. The van der Waals surface area contributed by atoms with Crippen molar-refractivity contribution >= 4 is 82.0 Å². The summed E-state index contributed by atoms with van der Waals surface area (Å²) >= 11 is 0. The Morgan fingerprint density at radius 2 is 1.32 bits per heavy atom. The van der Waals surface area contributed by atoms with Gasteiger partial charge in [0.05, 0.1) is 29.0 Å². The molecule has 0 saturated carbocycles. The van der Waals surface area contributed by atoms with E-state index >= 15 is 0 Å². The Hall–Kier alpha value is -8.30. The van der Waals surface area contributed by atoms with Crippen LogP contribution in [0.15, 0.2) is 180 Å². The van der Waals surface area contributed by atoms with Crippen LogP contribution in [0.4, 0.5) is 5.69 Å².